The minimum atomic E-state index is -4.15. The lowest BCUT2D eigenvalue weighted by Crippen LogP contribution is -2.38. The number of carbonyl (C=O) groups excluding carboxylic acids is 1. The molecule has 0 atom stereocenters. The number of hydrogen-bond donors (Lipinski definition) is 1. The molecule has 1 aromatic heterocycles. The van der Waals surface area contributed by atoms with E-state index in [4.69, 9.17) is 9.47 Å². The number of methoxy groups -OCH3 is 2. The summed E-state index contributed by atoms with van der Waals surface area (Å²) in [5, 5.41) is 11.7. The Morgan fingerprint density at radius 1 is 0.972 bits per heavy atom. The van der Waals surface area contributed by atoms with Crippen LogP contribution < -0.4 is 19.1 Å². The van der Waals surface area contributed by atoms with Gasteiger partial charge in [0.25, 0.3) is 10.0 Å². The Kier molecular flexibility index (Phi) is 7.51. The van der Waals surface area contributed by atoms with Crippen molar-refractivity contribution in [2.75, 3.05) is 30.4 Å². The van der Waals surface area contributed by atoms with Crippen LogP contribution in [0.25, 0.3) is 10.6 Å². The van der Waals surface area contributed by atoms with Gasteiger partial charge in [-0.15, -0.1) is 10.2 Å². The van der Waals surface area contributed by atoms with Crippen LogP contribution in [0.3, 0.4) is 0 Å². The molecule has 1 N–H and O–H groups in total. The van der Waals surface area contributed by atoms with Crippen molar-refractivity contribution in [3.63, 3.8) is 0 Å². The Labute approximate surface area is 213 Å². The predicted molar refractivity (Wildman–Crippen MR) is 139 cm³/mol. The minimum Gasteiger partial charge on any atom is -0.497 e. The molecule has 0 radical (unpaired) electrons. The third kappa shape index (κ3) is 5.47. The van der Waals surface area contributed by atoms with Crippen LogP contribution in [0.4, 0.5) is 10.8 Å². The number of nitrogens with zero attached hydrogens (tertiary/aromatic N) is 3. The standard InChI is InChI=1S/C25H24N4O5S2/c1-17-9-12-20(13-10-17)36(31,32)29(21-15-19(33-2)11-14-22(21)34-3)16-23(30)26-25-28-27-24(35-25)18-7-5-4-6-8-18/h4-15H,16H2,1-3H3,(H,26,28,30). The van der Waals surface area contributed by atoms with E-state index in [0.29, 0.717) is 10.8 Å². The molecule has 4 rings (SSSR count). The van der Waals surface area contributed by atoms with Crippen LogP contribution in [0.15, 0.2) is 77.7 Å². The molecule has 9 nitrogen and oxygen atoms in total. The van der Waals surface area contributed by atoms with Gasteiger partial charge in [-0.3, -0.25) is 14.4 Å². The van der Waals surface area contributed by atoms with E-state index in [0.717, 1.165) is 15.4 Å². The topological polar surface area (TPSA) is 111 Å². The molecule has 11 heteroatoms. The lowest BCUT2D eigenvalue weighted by atomic mass is 10.2. The molecule has 1 amide bonds. The number of nitrogens with one attached hydrogen (secondary N) is 1. The summed E-state index contributed by atoms with van der Waals surface area (Å²) in [7, 11) is -1.26. The van der Waals surface area contributed by atoms with Crippen molar-refractivity contribution in [3.8, 4) is 22.1 Å². The molecule has 0 aliphatic rings. The molecule has 0 fully saturated rings. The largest absolute Gasteiger partial charge is 0.497 e. The highest BCUT2D eigenvalue weighted by Gasteiger charge is 2.30. The maximum atomic E-state index is 13.7. The summed E-state index contributed by atoms with van der Waals surface area (Å²) < 4.78 is 39.1. The SMILES string of the molecule is COc1ccc(OC)c(N(CC(=O)Nc2nnc(-c3ccccc3)s2)S(=O)(=O)c2ccc(C)cc2)c1. The number of ether oxygens (including phenoxy) is 2. The monoisotopic (exact) mass is 524 g/mol. The van der Waals surface area contributed by atoms with Gasteiger partial charge in [-0.2, -0.15) is 0 Å². The molecule has 0 aliphatic carbocycles. The van der Waals surface area contributed by atoms with Gasteiger partial charge in [0.05, 0.1) is 24.8 Å². The highest BCUT2D eigenvalue weighted by Crippen LogP contribution is 2.36. The second kappa shape index (κ2) is 10.8. The fourth-order valence-electron chi connectivity index (χ4n) is 3.39. The maximum Gasteiger partial charge on any atom is 0.264 e. The van der Waals surface area contributed by atoms with Crippen LogP contribution in [0, 0.1) is 6.92 Å². The number of benzene rings is 3. The average Bonchev–Trinajstić information content (AvgIpc) is 3.36. The predicted octanol–water partition coefficient (Wildman–Crippen LogP) is 4.36. The summed E-state index contributed by atoms with van der Waals surface area (Å²) in [6.07, 6.45) is 0. The number of sulfonamides is 1. The summed E-state index contributed by atoms with van der Waals surface area (Å²) in [5.41, 5.74) is 1.93. The van der Waals surface area contributed by atoms with Gasteiger partial charge in [0.2, 0.25) is 11.0 Å². The molecular formula is C25H24N4O5S2. The molecule has 0 saturated heterocycles. The Morgan fingerprint density at radius 3 is 2.36 bits per heavy atom. The quantitative estimate of drug-likeness (QED) is 0.346. The van der Waals surface area contributed by atoms with E-state index in [1.54, 1.807) is 24.3 Å². The van der Waals surface area contributed by atoms with Crippen molar-refractivity contribution >= 4 is 38.1 Å². The van der Waals surface area contributed by atoms with E-state index in [9.17, 15) is 13.2 Å². The molecule has 0 bridgehead atoms. The molecule has 1 heterocycles. The van der Waals surface area contributed by atoms with Crippen molar-refractivity contribution in [2.24, 2.45) is 0 Å². The zero-order chi connectivity index (χ0) is 25.7. The normalized spacial score (nSPS) is 11.1. The van der Waals surface area contributed by atoms with Gasteiger partial charge in [0.15, 0.2) is 0 Å². The highest BCUT2D eigenvalue weighted by atomic mass is 32.2. The summed E-state index contributed by atoms with van der Waals surface area (Å²) in [4.78, 5) is 13.1. The molecule has 186 valence electrons. The number of anilines is 2. The van der Waals surface area contributed by atoms with Crippen molar-refractivity contribution in [1.29, 1.82) is 0 Å². The molecule has 4 aromatic rings. The van der Waals surface area contributed by atoms with Crippen LogP contribution >= 0.6 is 11.3 Å². The summed E-state index contributed by atoms with van der Waals surface area (Å²) in [6, 6.07) is 20.5. The van der Waals surface area contributed by atoms with Gasteiger partial charge in [0.1, 0.15) is 23.1 Å². The van der Waals surface area contributed by atoms with Gasteiger partial charge in [-0.05, 0) is 31.2 Å². The summed E-state index contributed by atoms with van der Waals surface area (Å²) in [5.74, 6) is 0.0832. The Bertz CT molecular complexity index is 1460. The van der Waals surface area contributed by atoms with Gasteiger partial charge in [-0.25, -0.2) is 8.42 Å². The number of rotatable bonds is 9. The molecule has 36 heavy (non-hydrogen) atoms. The Morgan fingerprint density at radius 2 is 1.69 bits per heavy atom. The van der Waals surface area contributed by atoms with E-state index in [2.05, 4.69) is 15.5 Å². The van der Waals surface area contributed by atoms with Gasteiger partial charge < -0.3 is 9.47 Å². The second-order valence-corrected chi connectivity index (χ2v) is 10.5. The van der Waals surface area contributed by atoms with E-state index in [1.807, 2.05) is 37.3 Å². The number of amides is 1. The zero-order valence-corrected chi connectivity index (χ0v) is 21.5. The maximum absolute atomic E-state index is 13.7. The molecule has 0 spiro atoms. The van der Waals surface area contributed by atoms with Crippen LogP contribution in [0.2, 0.25) is 0 Å². The van der Waals surface area contributed by atoms with E-state index in [1.165, 1.54) is 43.8 Å². The first-order chi connectivity index (χ1) is 17.3. The van der Waals surface area contributed by atoms with E-state index < -0.39 is 22.5 Å². The second-order valence-electron chi connectivity index (χ2n) is 7.69. The first-order valence-corrected chi connectivity index (χ1v) is 13.1. The van der Waals surface area contributed by atoms with Gasteiger partial charge in [0, 0.05) is 11.6 Å². The summed E-state index contributed by atoms with van der Waals surface area (Å²) in [6.45, 7) is 1.33. The van der Waals surface area contributed by atoms with Crippen molar-refractivity contribution in [3.05, 3.63) is 78.4 Å². The van der Waals surface area contributed by atoms with E-state index in [-0.39, 0.29) is 21.5 Å². The number of hydrogen-bond acceptors (Lipinski definition) is 8. The number of carbonyl (C=O) groups is 1. The lowest BCUT2D eigenvalue weighted by Gasteiger charge is -2.26. The lowest BCUT2D eigenvalue weighted by molar-refractivity contribution is -0.114. The van der Waals surface area contributed by atoms with Crippen LogP contribution in [0.5, 0.6) is 11.5 Å². The molecule has 3 aromatic carbocycles. The first kappa shape index (κ1) is 25.1. The average molecular weight is 525 g/mol. The van der Waals surface area contributed by atoms with E-state index >= 15 is 0 Å². The van der Waals surface area contributed by atoms with Crippen LogP contribution in [-0.4, -0.2) is 45.3 Å². The minimum absolute atomic E-state index is 0.0352. The fourth-order valence-corrected chi connectivity index (χ4v) is 5.58. The fraction of sp³-hybridized carbons (Fsp3) is 0.160. The van der Waals surface area contributed by atoms with Crippen molar-refractivity contribution < 1.29 is 22.7 Å². The Balaban J connectivity index is 1.67. The smallest absolute Gasteiger partial charge is 0.264 e. The third-order valence-electron chi connectivity index (χ3n) is 5.24. The Hall–Kier alpha value is -3.96. The van der Waals surface area contributed by atoms with Crippen LogP contribution in [0.1, 0.15) is 5.56 Å². The molecular weight excluding hydrogens is 500 g/mol. The molecule has 0 aliphatic heterocycles. The van der Waals surface area contributed by atoms with Gasteiger partial charge >= 0.3 is 0 Å². The third-order valence-corrected chi connectivity index (χ3v) is 7.90. The highest BCUT2D eigenvalue weighted by molar-refractivity contribution is 7.92. The van der Waals surface area contributed by atoms with Crippen LogP contribution in [-0.2, 0) is 14.8 Å². The van der Waals surface area contributed by atoms with Gasteiger partial charge in [-0.1, -0.05) is 59.4 Å². The summed E-state index contributed by atoms with van der Waals surface area (Å²) >= 11 is 1.19. The first-order valence-electron chi connectivity index (χ1n) is 10.8. The number of aromatic nitrogens is 2. The van der Waals surface area contributed by atoms with Crippen molar-refractivity contribution in [1.82, 2.24) is 10.2 Å². The molecule has 0 saturated carbocycles. The molecule has 0 unspecified atom stereocenters. The number of aryl methyl sites for hydroxylation is 1. The zero-order valence-electron chi connectivity index (χ0n) is 19.8. The van der Waals surface area contributed by atoms with Crippen molar-refractivity contribution in [2.45, 2.75) is 11.8 Å².